The van der Waals surface area contributed by atoms with E-state index in [-0.39, 0.29) is 17.5 Å². The molecule has 3 aliphatic rings. The summed E-state index contributed by atoms with van der Waals surface area (Å²) in [6, 6.07) is 8.34. The summed E-state index contributed by atoms with van der Waals surface area (Å²) in [7, 11) is 0. The number of aromatic nitrogens is 2. The number of fused-ring (bicyclic) bond motifs is 9. The van der Waals surface area contributed by atoms with E-state index < -0.39 is 23.4 Å². The molecule has 1 atom stereocenters. The number of benzene rings is 1. The summed E-state index contributed by atoms with van der Waals surface area (Å²) in [4.78, 5) is 26.4. The van der Waals surface area contributed by atoms with Crippen LogP contribution in [0, 0.1) is 11.3 Å². The van der Waals surface area contributed by atoms with Crippen LogP contribution in [-0.2, 0) is 23.2 Å². The van der Waals surface area contributed by atoms with Crippen molar-refractivity contribution in [2.24, 2.45) is 0 Å². The lowest BCUT2D eigenvalue weighted by Crippen LogP contribution is -2.51. The summed E-state index contributed by atoms with van der Waals surface area (Å²) in [5.41, 5.74) is 0.861. The molecule has 0 unspecified atom stereocenters. The van der Waals surface area contributed by atoms with Gasteiger partial charge in [0.15, 0.2) is 0 Å². The van der Waals surface area contributed by atoms with Gasteiger partial charge in [-0.2, -0.15) is 10.4 Å². The minimum Gasteiger partial charge on any atom is -0.488 e. The summed E-state index contributed by atoms with van der Waals surface area (Å²) in [5.74, 6) is -0.310. The summed E-state index contributed by atoms with van der Waals surface area (Å²) in [5, 5.41) is 20.0. The van der Waals surface area contributed by atoms with Crippen molar-refractivity contribution in [3.8, 4) is 11.8 Å². The van der Waals surface area contributed by atoms with Crippen LogP contribution in [0.25, 0.3) is 0 Å². The van der Waals surface area contributed by atoms with Gasteiger partial charge in [-0.25, -0.2) is 0 Å². The highest BCUT2D eigenvalue weighted by atomic mass is 35.5. The van der Waals surface area contributed by atoms with Crippen molar-refractivity contribution < 1.29 is 14.3 Å². The Bertz CT molecular complexity index is 1200. The highest BCUT2D eigenvalue weighted by Gasteiger charge is 2.45. The van der Waals surface area contributed by atoms with Crippen molar-refractivity contribution in [2.45, 2.75) is 70.0 Å². The number of carbonyl (C=O) groups is 2. The largest absolute Gasteiger partial charge is 0.488 e. The molecule has 1 fully saturated rings. The standard InChI is InChI=1S/C26H30ClN5O3/c1-25(2,3)22-15-20-23(33)29-19(24(34)30-26(16-28)9-10-26)14-17-7-8-21(18(27)13-17)35-12-6-4-5-11-32(22)31-20/h4,6-8,13,15,19H,5,9-12,14H2,1-3H3,(H,29,33)(H,30,34)/b6-4+/t19-/m0/s1. The van der Waals surface area contributed by atoms with Crippen LogP contribution < -0.4 is 15.4 Å². The van der Waals surface area contributed by atoms with Gasteiger partial charge in [0, 0.05) is 24.1 Å². The molecule has 1 aromatic heterocycles. The van der Waals surface area contributed by atoms with Crippen molar-refractivity contribution in [2.75, 3.05) is 6.61 Å². The maximum absolute atomic E-state index is 13.3. The van der Waals surface area contributed by atoms with Gasteiger partial charge in [-0.3, -0.25) is 14.3 Å². The number of nitrogens with one attached hydrogen (secondary N) is 2. The number of ether oxygens (including phenoxy) is 1. The highest BCUT2D eigenvalue weighted by Crippen LogP contribution is 2.34. The van der Waals surface area contributed by atoms with Crippen LogP contribution in [0.1, 0.15) is 61.8 Å². The summed E-state index contributed by atoms with van der Waals surface area (Å²) in [6.07, 6.45) is 6.05. The topological polar surface area (TPSA) is 109 Å². The molecule has 2 amide bonds. The number of halogens is 1. The van der Waals surface area contributed by atoms with Gasteiger partial charge in [-0.1, -0.05) is 50.6 Å². The summed E-state index contributed by atoms with van der Waals surface area (Å²) < 4.78 is 7.62. The number of hydrogen-bond donors (Lipinski definition) is 2. The maximum atomic E-state index is 13.3. The molecule has 9 heteroatoms. The molecule has 184 valence electrons. The van der Waals surface area contributed by atoms with Crippen LogP contribution in [0.5, 0.6) is 5.75 Å². The molecule has 8 nitrogen and oxygen atoms in total. The first-order valence-electron chi connectivity index (χ1n) is 11.8. The molecule has 2 aliphatic heterocycles. The predicted octanol–water partition coefficient (Wildman–Crippen LogP) is 3.69. The van der Waals surface area contributed by atoms with Gasteiger partial charge in [0.25, 0.3) is 5.91 Å². The van der Waals surface area contributed by atoms with E-state index in [1.165, 1.54) is 0 Å². The minimum absolute atomic E-state index is 0.200. The molecule has 0 spiro atoms. The van der Waals surface area contributed by atoms with Gasteiger partial charge in [0.1, 0.15) is 29.6 Å². The highest BCUT2D eigenvalue weighted by molar-refractivity contribution is 6.32. The minimum atomic E-state index is -0.906. The Kier molecular flexibility index (Phi) is 6.91. The van der Waals surface area contributed by atoms with E-state index in [4.69, 9.17) is 16.3 Å². The molecular weight excluding hydrogens is 466 g/mol. The van der Waals surface area contributed by atoms with Crippen LogP contribution in [0.2, 0.25) is 5.02 Å². The third-order valence-corrected chi connectivity index (χ3v) is 6.47. The zero-order valence-corrected chi connectivity index (χ0v) is 21.0. The number of hydrogen-bond acceptors (Lipinski definition) is 5. The lowest BCUT2D eigenvalue weighted by atomic mass is 9.91. The SMILES string of the molecule is CC(C)(C)c1cc2nn1CC/C=C/COc1ccc(cc1Cl)C[C@@H](C(=O)NC1(C#N)CC1)NC2=O. The predicted molar refractivity (Wildman–Crippen MR) is 132 cm³/mol. The fourth-order valence-corrected chi connectivity index (χ4v) is 4.26. The molecule has 2 aromatic rings. The molecule has 0 radical (unpaired) electrons. The van der Waals surface area contributed by atoms with E-state index >= 15 is 0 Å². The van der Waals surface area contributed by atoms with Gasteiger partial charge in [0.2, 0.25) is 5.91 Å². The van der Waals surface area contributed by atoms with Crippen molar-refractivity contribution in [1.29, 1.82) is 5.26 Å². The Balaban J connectivity index is 1.68. The number of nitriles is 1. The van der Waals surface area contributed by atoms with E-state index in [0.717, 1.165) is 11.3 Å². The van der Waals surface area contributed by atoms with Crippen molar-refractivity contribution in [1.82, 2.24) is 20.4 Å². The lowest BCUT2D eigenvalue weighted by molar-refractivity contribution is -0.123. The van der Waals surface area contributed by atoms with Crippen LogP contribution in [-0.4, -0.2) is 39.8 Å². The Morgan fingerprint density at radius 1 is 1.31 bits per heavy atom. The monoisotopic (exact) mass is 495 g/mol. The Labute approximate surface area is 210 Å². The molecule has 3 heterocycles. The molecule has 35 heavy (non-hydrogen) atoms. The normalized spacial score (nSPS) is 20.7. The van der Waals surface area contributed by atoms with Gasteiger partial charge < -0.3 is 15.4 Å². The van der Waals surface area contributed by atoms with Crippen molar-refractivity contribution >= 4 is 23.4 Å². The van der Waals surface area contributed by atoms with Gasteiger partial charge in [-0.05, 0) is 43.0 Å². The van der Waals surface area contributed by atoms with Crippen LogP contribution in [0.3, 0.4) is 0 Å². The third kappa shape index (κ3) is 5.85. The average molecular weight is 496 g/mol. The summed E-state index contributed by atoms with van der Waals surface area (Å²) in [6.45, 7) is 7.17. The first-order valence-corrected chi connectivity index (χ1v) is 12.2. The first-order chi connectivity index (χ1) is 16.6. The number of carbonyl (C=O) groups excluding carboxylic acids is 2. The molecule has 4 bridgehead atoms. The molecule has 1 saturated carbocycles. The van der Waals surface area contributed by atoms with Crippen molar-refractivity contribution in [3.63, 3.8) is 0 Å². The zero-order valence-electron chi connectivity index (χ0n) is 20.2. The number of aryl methyl sites for hydroxylation is 1. The van der Waals surface area contributed by atoms with E-state index in [9.17, 15) is 14.9 Å². The maximum Gasteiger partial charge on any atom is 0.272 e. The zero-order chi connectivity index (χ0) is 25.2. The Morgan fingerprint density at radius 3 is 2.74 bits per heavy atom. The Morgan fingerprint density at radius 2 is 2.09 bits per heavy atom. The Hall–Kier alpha value is -3.31. The van der Waals surface area contributed by atoms with E-state index in [1.54, 1.807) is 18.2 Å². The first kappa shape index (κ1) is 24.8. The quantitative estimate of drug-likeness (QED) is 0.617. The van der Waals surface area contributed by atoms with E-state index in [2.05, 4.69) is 42.6 Å². The molecule has 0 saturated heterocycles. The second-order valence-electron chi connectivity index (χ2n) is 10.1. The molecule has 5 rings (SSSR count). The molecule has 1 aromatic carbocycles. The van der Waals surface area contributed by atoms with Crippen LogP contribution in [0.4, 0.5) is 0 Å². The van der Waals surface area contributed by atoms with Crippen LogP contribution >= 0.6 is 11.6 Å². The smallest absolute Gasteiger partial charge is 0.272 e. The fourth-order valence-electron chi connectivity index (χ4n) is 4.00. The fraction of sp³-hybridized carbons (Fsp3) is 0.462. The number of rotatable bonds is 2. The number of allylic oxidation sites excluding steroid dienone is 1. The number of amides is 2. The number of nitrogens with zero attached hydrogens (tertiary/aromatic N) is 3. The van der Waals surface area contributed by atoms with Crippen molar-refractivity contribution in [3.05, 3.63) is 58.4 Å². The average Bonchev–Trinajstić information content (AvgIpc) is 3.42. The van der Waals surface area contributed by atoms with Gasteiger partial charge >= 0.3 is 0 Å². The van der Waals surface area contributed by atoms with Crippen LogP contribution in [0.15, 0.2) is 36.4 Å². The van der Waals surface area contributed by atoms with E-state index in [1.807, 2.05) is 22.9 Å². The van der Waals surface area contributed by atoms with Gasteiger partial charge in [-0.15, -0.1) is 0 Å². The molecule has 1 aliphatic carbocycles. The summed E-state index contributed by atoms with van der Waals surface area (Å²) >= 11 is 6.41. The lowest BCUT2D eigenvalue weighted by Gasteiger charge is -2.20. The second kappa shape index (κ2) is 9.74. The second-order valence-corrected chi connectivity index (χ2v) is 10.5. The van der Waals surface area contributed by atoms with E-state index in [0.29, 0.717) is 43.2 Å². The third-order valence-electron chi connectivity index (χ3n) is 6.17. The molecular formula is C26H30ClN5O3. The molecule has 2 N–H and O–H groups in total. The van der Waals surface area contributed by atoms with Gasteiger partial charge in [0.05, 0.1) is 11.1 Å².